The van der Waals surface area contributed by atoms with Gasteiger partial charge in [-0.25, -0.2) is 4.39 Å². The van der Waals surface area contributed by atoms with Crippen molar-refractivity contribution in [2.45, 2.75) is 32.2 Å². The fourth-order valence-electron chi connectivity index (χ4n) is 2.74. The lowest BCUT2D eigenvalue weighted by atomic mass is 9.81. The molecule has 0 spiro atoms. The molecular weight excluding hydrogens is 241 g/mol. The highest BCUT2D eigenvalue weighted by atomic mass is 19.1. The molecule has 0 aromatic heterocycles. The van der Waals surface area contributed by atoms with Crippen LogP contribution >= 0.6 is 0 Å². The summed E-state index contributed by atoms with van der Waals surface area (Å²) >= 11 is 0. The van der Waals surface area contributed by atoms with Gasteiger partial charge in [-0.05, 0) is 50.8 Å². The number of piperidine rings is 1. The van der Waals surface area contributed by atoms with Crippen molar-refractivity contribution in [2.75, 3.05) is 18.0 Å². The minimum atomic E-state index is -0.363. The van der Waals surface area contributed by atoms with Crippen LogP contribution in [0, 0.1) is 23.1 Å². The van der Waals surface area contributed by atoms with Gasteiger partial charge < -0.3 is 10.6 Å². The monoisotopic (exact) mass is 261 g/mol. The van der Waals surface area contributed by atoms with Crippen molar-refractivity contribution >= 4 is 5.69 Å². The van der Waals surface area contributed by atoms with E-state index in [9.17, 15) is 4.39 Å². The number of rotatable bonds is 2. The van der Waals surface area contributed by atoms with E-state index in [1.165, 1.54) is 12.1 Å². The van der Waals surface area contributed by atoms with E-state index in [4.69, 9.17) is 11.0 Å². The fraction of sp³-hybridized carbons (Fsp3) is 0.533. The van der Waals surface area contributed by atoms with Gasteiger partial charge in [-0.2, -0.15) is 5.26 Å². The molecule has 0 saturated carbocycles. The summed E-state index contributed by atoms with van der Waals surface area (Å²) < 4.78 is 13.1. The molecule has 1 heterocycles. The third kappa shape index (κ3) is 3.05. The minimum Gasteiger partial charge on any atom is -0.370 e. The van der Waals surface area contributed by atoms with Crippen LogP contribution in [0.4, 0.5) is 10.1 Å². The van der Waals surface area contributed by atoms with Gasteiger partial charge in [-0.15, -0.1) is 0 Å². The first kappa shape index (κ1) is 13.8. The highest BCUT2D eigenvalue weighted by molar-refractivity contribution is 5.59. The van der Waals surface area contributed by atoms with Crippen molar-refractivity contribution in [3.05, 3.63) is 29.6 Å². The number of anilines is 1. The highest BCUT2D eigenvalue weighted by Gasteiger charge is 2.29. The molecule has 2 rings (SSSR count). The Hall–Kier alpha value is -1.60. The Morgan fingerprint density at radius 3 is 2.53 bits per heavy atom. The molecule has 0 amide bonds. The summed E-state index contributed by atoms with van der Waals surface area (Å²) in [4.78, 5) is 2.15. The fourth-order valence-corrected chi connectivity index (χ4v) is 2.74. The second-order valence-electron chi connectivity index (χ2n) is 5.86. The van der Waals surface area contributed by atoms with Crippen LogP contribution in [-0.4, -0.2) is 18.6 Å². The van der Waals surface area contributed by atoms with Crippen molar-refractivity contribution in [2.24, 2.45) is 11.7 Å². The molecule has 1 saturated heterocycles. The second-order valence-corrected chi connectivity index (χ2v) is 5.86. The molecule has 1 aromatic carbocycles. The van der Waals surface area contributed by atoms with Crippen molar-refractivity contribution in [1.29, 1.82) is 5.26 Å². The lowest BCUT2D eigenvalue weighted by Gasteiger charge is -2.39. The van der Waals surface area contributed by atoms with E-state index < -0.39 is 0 Å². The Morgan fingerprint density at radius 2 is 2.00 bits per heavy atom. The molecule has 0 atom stereocenters. The zero-order chi connectivity index (χ0) is 14.0. The summed E-state index contributed by atoms with van der Waals surface area (Å²) in [5.74, 6) is 0.132. The standard InChI is InChI=1S/C15H20FN3/c1-15(2,18)12-5-7-19(8-6-12)14-4-3-13(16)9-11(14)10-17/h3-4,9,12H,5-8,18H2,1-2H3. The van der Waals surface area contributed by atoms with Crippen LogP contribution in [0.15, 0.2) is 18.2 Å². The number of nitrogens with two attached hydrogens (primary N) is 1. The van der Waals surface area contributed by atoms with Crippen LogP contribution in [0.2, 0.25) is 0 Å². The van der Waals surface area contributed by atoms with Crippen LogP contribution in [0.1, 0.15) is 32.3 Å². The average Bonchev–Trinajstić information content (AvgIpc) is 2.37. The van der Waals surface area contributed by atoms with Crippen LogP contribution in [-0.2, 0) is 0 Å². The molecule has 1 aliphatic rings. The second kappa shape index (κ2) is 5.18. The Morgan fingerprint density at radius 1 is 1.37 bits per heavy atom. The first-order valence-corrected chi connectivity index (χ1v) is 6.65. The van der Waals surface area contributed by atoms with Crippen molar-refractivity contribution < 1.29 is 4.39 Å². The summed E-state index contributed by atoms with van der Waals surface area (Å²) in [5.41, 5.74) is 7.23. The van der Waals surface area contributed by atoms with E-state index in [0.29, 0.717) is 11.5 Å². The molecule has 1 fully saturated rings. The van der Waals surface area contributed by atoms with Gasteiger partial charge >= 0.3 is 0 Å². The van der Waals surface area contributed by atoms with E-state index in [0.717, 1.165) is 31.6 Å². The van der Waals surface area contributed by atoms with Crippen molar-refractivity contribution in [3.63, 3.8) is 0 Å². The van der Waals surface area contributed by atoms with E-state index >= 15 is 0 Å². The van der Waals surface area contributed by atoms with Crippen molar-refractivity contribution in [1.82, 2.24) is 0 Å². The Bertz CT molecular complexity index is 491. The number of nitrogens with zero attached hydrogens (tertiary/aromatic N) is 2. The molecule has 0 unspecified atom stereocenters. The van der Waals surface area contributed by atoms with Crippen molar-refractivity contribution in [3.8, 4) is 6.07 Å². The largest absolute Gasteiger partial charge is 0.370 e. The summed E-state index contributed by atoms with van der Waals surface area (Å²) in [6.45, 7) is 5.86. The predicted molar refractivity (Wildman–Crippen MR) is 74.3 cm³/mol. The van der Waals surface area contributed by atoms with E-state index in [1.54, 1.807) is 6.07 Å². The van der Waals surface area contributed by atoms with Gasteiger partial charge in [0.1, 0.15) is 11.9 Å². The lowest BCUT2D eigenvalue weighted by molar-refractivity contribution is 0.265. The van der Waals surface area contributed by atoms with Crippen LogP contribution in [0.3, 0.4) is 0 Å². The molecule has 0 radical (unpaired) electrons. The molecule has 2 N–H and O–H groups in total. The van der Waals surface area contributed by atoms with Crippen LogP contribution in [0.5, 0.6) is 0 Å². The van der Waals surface area contributed by atoms with Crippen LogP contribution in [0.25, 0.3) is 0 Å². The third-order valence-electron chi connectivity index (χ3n) is 3.97. The number of benzene rings is 1. The van der Waals surface area contributed by atoms with Gasteiger partial charge in [0.05, 0.1) is 11.3 Å². The smallest absolute Gasteiger partial charge is 0.124 e. The molecule has 1 aromatic rings. The molecule has 0 bridgehead atoms. The maximum absolute atomic E-state index is 13.1. The van der Waals surface area contributed by atoms with E-state index in [1.807, 2.05) is 0 Å². The average molecular weight is 261 g/mol. The van der Waals surface area contributed by atoms with Gasteiger partial charge in [0, 0.05) is 18.6 Å². The maximum Gasteiger partial charge on any atom is 0.124 e. The summed E-state index contributed by atoms with van der Waals surface area (Å²) in [7, 11) is 0. The molecule has 0 aliphatic carbocycles. The highest BCUT2D eigenvalue weighted by Crippen LogP contribution is 2.30. The zero-order valence-corrected chi connectivity index (χ0v) is 11.5. The topological polar surface area (TPSA) is 53.0 Å². The van der Waals surface area contributed by atoms with Crippen LogP contribution < -0.4 is 10.6 Å². The quantitative estimate of drug-likeness (QED) is 0.890. The van der Waals surface area contributed by atoms with Gasteiger partial charge in [0.15, 0.2) is 0 Å². The Balaban J connectivity index is 2.12. The number of halogens is 1. The number of hydrogen-bond acceptors (Lipinski definition) is 3. The Labute approximate surface area is 113 Å². The molecule has 1 aliphatic heterocycles. The van der Waals surface area contributed by atoms with Gasteiger partial charge in [-0.3, -0.25) is 0 Å². The molecule has 102 valence electrons. The third-order valence-corrected chi connectivity index (χ3v) is 3.97. The maximum atomic E-state index is 13.1. The molecule has 19 heavy (non-hydrogen) atoms. The number of hydrogen-bond donors (Lipinski definition) is 1. The first-order chi connectivity index (χ1) is 8.91. The molecular formula is C15H20FN3. The molecule has 4 heteroatoms. The predicted octanol–water partition coefficient (Wildman–Crippen LogP) is 2.65. The minimum absolute atomic E-state index is 0.160. The summed E-state index contributed by atoms with van der Waals surface area (Å²) in [6.07, 6.45) is 2.01. The summed E-state index contributed by atoms with van der Waals surface area (Å²) in [5, 5.41) is 9.09. The molecule has 3 nitrogen and oxygen atoms in total. The van der Waals surface area contributed by atoms with E-state index in [-0.39, 0.29) is 11.4 Å². The summed E-state index contributed by atoms with van der Waals surface area (Å²) in [6, 6.07) is 6.48. The van der Waals surface area contributed by atoms with Gasteiger partial charge in [0.25, 0.3) is 0 Å². The lowest BCUT2D eigenvalue weighted by Crippen LogP contribution is -2.47. The first-order valence-electron chi connectivity index (χ1n) is 6.65. The normalized spacial score (nSPS) is 17.3. The SMILES string of the molecule is CC(C)(N)C1CCN(c2ccc(F)cc2C#N)CC1. The Kier molecular flexibility index (Phi) is 3.77. The van der Waals surface area contributed by atoms with Gasteiger partial charge in [-0.1, -0.05) is 0 Å². The van der Waals surface area contributed by atoms with Gasteiger partial charge in [0.2, 0.25) is 0 Å². The van der Waals surface area contributed by atoms with E-state index in [2.05, 4.69) is 24.8 Å². The zero-order valence-electron chi connectivity index (χ0n) is 11.5. The number of nitriles is 1.